The number of aromatic nitrogens is 3. The summed E-state index contributed by atoms with van der Waals surface area (Å²) in [5, 5.41) is 12.0. The number of fused-ring (bicyclic) bond motifs is 1. The summed E-state index contributed by atoms with van der Waals surface area (Å²) in [6, 6.07) is 16.2. The van der Waals surface area contributed by atoms with Crippen LogP contribution in [0.1, 0.15) is 15.9 Å². The molecule has 0 fully saturated rings. The molecule has 0 spiro atoms. The largest absolute Gasteiger partial charge is 0.497 e. The second kappa shape index (κ2) is 8.35. The molecular formula is C23H22N4O4. The monoisotopic (exact) mass is 418 g/mol. The third-order valence-electron chi connectivity index (χ3n) is 4.92. The molecular weight excluding hydrogens is 396 g/mol. The number of nitrogens with zero attached hydrogens (tertiary/aromatic N) is 3. The molecule has 0 atom stereocenters. The molecule has 8 heteroatoms. The Balaban J connectivity index is 1.62. The molecule has 158 valence electrons. The third kappa shape index (κ3) is 4.00. The predicted octanol–water partition coefficient (Wildman–Crippen LogP) is 4.01. The maximum atomic E-state index is 12.8. The standard InChI is InChI=1S/C23H22N4O4/c1-14-11-19-20(26-27(25-19)16-6-8-17(29-2)9-7-16)13-18(14)24-23(28)15-5-10-21(30-3)22(12-15)31-4/h5-13H,1-4H3,(H,24,28). The lowest BCUT2D eigenvalue weighted by Gasteiger charge is -2.11. The van der Waals surface area contributed by atoms with Crippen LogP contribution in [0.15, 0.2) is 54.6 Å². The predicted molar refractivity (Wildman–Crippen MR) is 118 cm³/mol. The first-order valence-corrected chi connectivity index (χ1v) is 9.58. The third-order valence-corrected chi connectivity index (χ3v) is 4.92. The number of hydrogen-bond acceptors (Lipinski definition) is 6. The summed E-state index contributed by atoms with van der Waals surface area (Å²) in [6.07, 6.45) is 0. The summed E-state index contributed by atoms with van der Waals surface area (Å²) in [7, 11) is 4.70. The molecule has 1 aromatic heterocycles. The number of ether oxygens (including phenoxy) is 3. The van der Waals surface area contributed by atoms with Crippen molar-refractivity contribution in [3.8, 4) is 22.9 Å². The number of benzene rings is 3. The number of hydrogen-bond donors (Lipinski definition) is 1. The van der Waals surface area contributed by atoms with Crippen molar-refractivity contribution in [2.45, 2.75) is 6.92 Å². The molecule has 4 aromatic rings. The summed E-state index contributed by atoms with van der Waals surface area (Å²) in [4.78, 5) is 14.4. The fourth-order valence-electron chi connectivity index (χ4n) is 3.21. The lowest BCUT2D eigenvalue weighted by atomic mass is 10.1. The van der Waals surface area contributed by atoms with E-state index in [9.17, 15) is 4.79 Å². The number of anilines is 1. The normalized spacial score (nSPS) is 10.7. The summed E-state index contributed by atoms with van der Waals surface area (Å²) in [6.45, 7) is 1.91. The molecule has 31 heavy (non-hydrogen) atoms. The number of carbonyl (C=O) groups excluding carboxylic acids is 1. The van der Waals surface area contributed by atoms with Gasteiger partial charge in [0.05, 0.1) is 27.0 Å². The van der Waals surface area contributed by atoms with Gasteiger partial charge in [0.1, 0.15) is 16.8 Å². The second-order valence-corrected chi connectivity index (χ2v) is 6.87. The first kappa shape index (κ1) is 20.2. The van der Waals surface area contributed by atoms with Gasteiger partial charge in [0, 0.05) is 11.3 Å². The van der Waals surface area contributed by atoms with Crippen LogP contribution in [0.25, 0.3) is 16.7 Å². The maximum absolute atomic E-state index is 12.8. The van der Waals surface area contributed by atoms with Crippen LogP contribution in [0.2, 0.25) is 0 Å². The van der Waals surface area contributed by atoms with E-state index >= 15 is 0 Å². The molecule has 3 aromatic carbocycles. The topological polar surface area (TPSA) is 87.5 Å². The zero-order valence-electron chi connectivity index (χ0n) is 17.7. The van der Waals surface area contributed by atoms with E-state index in [1.165, 1.54) is 7.11 Å². The van der Waals surface area contributed by atoms with Gasteiger partial charge in [-0.1, -0.05) is 0 Å². The number of rotatable bonds is 6. The van der Waals surface area contributed by atoms with Gasteiger partial charge in [-0.05, 0) is 67.1 Å². The van der Waals surface area contributed by atoms with Gasteiger partial charge in [0.25, 0.3) is 5.91 Å². The Morgan fingerprint density at radius 2 is 1.52 bits per heavy atom. The van der Waals surface area contributed by atoms with Gasteiger partial charge in [0.2, 0.25) is 0 Å². The Bertz CT molecular complexity index is 1250. The van der Waals surface area contributed by atoms with Gasteiger partial charge in [-0.15, -0.1) is 10.2 Å². The van der Waals surface area contributed by atoms with Crippen LogP contribution in [0.5, 0.6) is 17.2 Å². The van der Waals surface area contributed by atoms with Crippen molar-refractivity contribution >= 4 is 22.6 Å². The van der Waals surface area contributed by atoms with Crippen molar-refractivity contribution in [1.82, 2.24) is 15.0 Å². The van der Waals surface area contributed by atoms with E-state index in [0.717, 1.165) is 22.5 Å². The highest BCUT2D eigenvalue weighted by Gasteiger charge is 2.14. The molecule has 4 rings (SSSR count). The second-order valence-electron chi connectivity index (χ2n) is 6.87. The summed E-state index contributed by atoms with van der Waals surface area (Å²) in [5.41, 5.74) is 4.21. The number of amides is 1. The Hall–Kier alpha value is -4.07. The molecule has 0 unspecified atom stereocenters. The Morgan fingerprint density at radius 1 is 0.839 bits per heavy atom. The van der Waals surface area contributed by atoms with Gasteiger partial charge < -0.3 is 19.5 Å². The molecule has 0 bridgehead atoms. The van der Waals surface area contributed by atoms with E-state index in [-0.39, 0.29) is 5.91 Å². The van der Waals surface area contributed by atoms with E-state index in [0.29, 0.717) is 28.3 Å². The van der Waals surface area contributed by atoms with Crippen molar-refractivity contribution in [2.24, 2.45) is 0 Å². The maximum Gasteiger partial charge on any atom is 0.255 e. The fraction of sp³-hybridized carbons (Fsp3) is 0.174. The molecule has 8 nitrogen and oxygen atoms in total. The van der Waals surface area contributed by atoms with E-state index in [2.05, 4.69) is 15.5 Å². The van der Waals surface area contributed by atoms with Gasteiger partial charge in [-0.3, -0.25) is 4.79 Å². The van der Waals surface area contributed by atoms with Gasteiger partial charge in [-0.25, -0.2) is 0 Å². The lowest BCUT2D eigenvalue weighted by molar-refractivity contribution is 0.102. The molecule has 0 aliphatic carbocycles. The minimum absolute atomic E-state index is 0.258. The first-order valence-electron chi connectivity index (χ1n) is 9.58. The van der Waals surface area contributed by atoms with E-state index in [1.807, 2.05) is 43.3 Å². The molecule has 1 amide bonds. The van der Waals surface area contributed by atoms with Crippen LogP contribution in [0.4, 0.5) is 5.69 Å². The average Bonchev–Trinajstić information content (AvgIpc) is 3.21. The van der Waals surface area contributed by atoms with Crippen LogP contribution in [0, 0.1) is 6.92 Å². The number of carbonyl (C=O) groups is 1. The van der Waals surface area contributed by atoms with Crippen molar-refractivity contribution in [3.05, 3.63) is 65.7 Å². The fourth-order valence-corrected chi connectivity index (χ4v) is 3.21. The van der Waals surface area contributed by atoms with Crippen LogP contribution >= 0.6 is 0 Å². The van der Waals surface area contributed by atoms with Crippen LogP contribution in [-0.2, 0) is 0 Å². The average molecular weight is 418 g/mol. The number of aryl methyl sites for hydroxylation is 1. The molecule has 0 radical (unpaired) electrons. The van der Waals surface area contributed by atoms with Gasteiger partial charge >= 0.3 is 0 Å². The SMILES string of the molecule is COc1ccc(-n2nc3cc(C)c(NC(=O)c4ccc(OC)c(OC)c4)cc3n2)cc1. The van der Waals surface area contributed by atoms with Crippen LogP contribution in [0.3, 0.4) is 0 Å². The highest BCUT2D eigenvalue weighted by Crippen LogP contribution is 2.28. The van der Waals surface area contributed by atoms with E-state index in [1.54, 1.807) is 37.2 Å². The lowest BCUT2D eigenvalue weighted by Crippen LogP contribution is -2.13. The highest BCUT2D eigenvalue weighted by molar-refractivity contribution is 6.05. The van der Waals surface area contributed by atoms with E-state index in [4.69, 9.17) is 14.2 Å². The van der Waals surface area contributed by atoms with Crippen molar-refractivity contribution in [1.29, 1.82) is 0 Å². The van der Waals surface area contributed by atoms with Crippen LogP contribution in [-0.4, -0.2) is 42.2 Å². The van der Waals surface area contributed by atoms with E-state index < -0.39 is 0 Å². The van der Waals surface area contributed by atoms with Crippen molar-refractivity contribution in [3.63, 3.8) is 0 Å². The van der Waals surface area contributed by atoms with Crippen molar-refractivity contribution < 1.29 is 19.0 Å². The molecule has 0 aliphatic heterocycles. The Labute approximate surface area is 179 Å². The quantitative estimate of drug-likeness (QED) is 0.509. The molecule has 0 saturated carbocycles. The van der Waals surface area contributed by atoms with Crippen LogP contribution < -0.4 is 19.5 Å². The molecule has 1 N–H and O–H groups in total. The van der Waals surface area contributed by atoms with Crippen molar-refractivity contribution in [2.75, 3.05) is 26.6 Å². The molecule has 0 aliphatic rings. The smallest absolute Gasteiger partial charge is 0.255 e. The molecule has 1 heterocycles. The Morgan fingerprint density at radius 3 is 2.16 bits per heavy atom. The first-order chi connectivity index (χ1) is 15.0. The zero-order chi connectivity index (χ0) is 22.0. The zero-order valence-corrected chi connectivity index (χ0v) is 17.7. The summed E-state index contributed by atoms with van der Waals surface area (Å²) >= 11 is 0. The molecule has 0 saturated heterocycles. The highest BCUT2D eigenvalue weighted by atomic mass is 16.5. The van der Waals surface area contributed by atoms with Gasteiger partial charge in [0.15, 0.2) is 11.5 Å². The number of methoxy groups -OCH3 is 3. The summed E-state index contributed by atoms with van der Waals surface area (Å²) < 4.78 is 15.7. The minimum Gasteiger partial charge on any atom is -0.497 e. The van der Waals surface area contributed by atoms with Gasteiger partial charge in [-0.2, -0.15) is 4.80 Å². The summed E-state index contributed by atoms with van der Waals surface area (Å²) in [5.74, 6) is 1.55. The minimum atomic E-state index is -0.258. The number of nitrogens with one attached hydrogen (secondary N) is 1. The Kier molecular flexibility index (Phi) is 5.44.